The van der Waals surface area contributed by atoms with Crippen LogP contribution in [-0.2, 0) is 14.8 Å². The second-order valence-corrected chi connectivity index (χ2v) is 8.50. The van der Waals surface area contributed by atoms with E-state index in [0.717, 1.165) is 0 Å². The number of hydrogen-bond acceptors (Lipinski definition) is 7. The number of hydrogen-bond donors (Lipinski definition) is 2. The second kappa shape index (κ2) is 6.41. The minimum absolute atomic E-state index is 0.0551. The first-order chi connectivity index (χ1) is 11.7. The van der Waals surface area contributed by atoms with Gasteiger partial charge in [-0.25, -0.2) is 8.42 Å². The number of β-amino-alcohol motifs (C(OH)–C–C–N with tert-alkyl or cyclic N) is 1. The topological polar surface area (TPSA) is 125 Å². The van der Waals surface area contributed by atoms with Crippen LogP contribution in [0, 0.1) is 12.8 Å². The largest absolute Gasteiger partial charge is 0.391 e. The molecule has 0 saturated carbocycles. The molecular formula is C15H22N4O5S. The molecular weight excluding hydrogens is 348 g/mol. The third kappa shape index (κ3) is 3.54. The van der Waals surface area contributed by atoms with Crippen molar-refractivity contribution in [3.05, 3.63) is 17.5 Å². The summed E-state index contributed by atoms with van der Waals surface area (Å²) < 4.78 is 32.1. The first-order valence-corrected chi connectivity index (χ1v) is 9.77. The Bertz CT molecular complexity index is 801. The zero-order valence-electron chi connectivity index (χ0n) is 14.3. The molecule has 1 unspecified atom stereocenters. The van der Waals surface area contributed by atoms with Crippen molar-refractivity contribution < 1.29 is 22.8 Å². The minimum Gasteiger partial charge on any atom is -0.391 e. The molecule has 3 rings (SSSR count). The maximum atomic E-state index is 13.2. The average Bonchev–Trinajstić information content (AvgIpc) is 3.18. The second-order valence-electron chi connectivity index (χ2n) is 6.87. The molecule has 9 nitrogen and oxygen atoms in total. The number of likely N-dealkylation sites (tertiary alicyclic amines) is 1. The quantitative estimate of drug-likeness (QED) is 0.762. The van der Waals surface area contributed by atoms with Crippen LogP contribution in [0.4, 0.5) is 0 Å². The van der Waals surface area contributed by atoms with Gasteiger partial charge in [-0.05, 0) is 12.8 Å². The Balaban J connectivity index is 1.90. The molecule has 1 saturated heterocycles. The Morgan fingerprint density at radius 3 is 2.72 bits per heavy atom. The number of carbonyl (C=O) groups excluding carboxylic acids is 1. The van der Waals surface area contributed by atoms with Crippen LogP contribution in [0.15, 0.2) is 15.0 Å². The Labute approximate surface area is 146 Å². The first kappa shape index (κ1) is 17.9. The molecule has 0 aliphatic carbocycles. The lowest BCUT2D eigenvalue weighted by Crippen LogP contribution is -2.47. The maximum absolute atomic E-state index is 13.2. The number of aromatic nitrogens is 1. The summed E-state index contributed by atoms with van der Waals surface area (Å²) in [5.41, 5.74) is 0.680. The highest BCUT2D eigenvalue weighted by Crippen LogP contribution is 2.31. The Morgan fingerprint density at radius 1 is 1.48 bits per heavy atom. The Hall–Kier alpha value is -1.94. The van der Waals surface area contributed by atoms with Crippen LogP contribution < -0.4 is 5.32 Å². The highest BCUT2D eigenvalue weighted by atomic mass is 32.2. The van der Waals surface area contributed by atoms with Crippen molar-refractivity contribution in [3.63, 3.8) is 0 Å². The molecule has 2 aliphatic heterocycles. The predicted molar refractivity (Wildman–Crippen MR) is 89.3 cm³/mol. The van der Waals surface area contributed by atoms with Crippen molar-refractivity contribution in [1.29, 1.82) is 0 Å². The van der Waals surface area contributed by atoms with Crippen molar-refractivity contribution in [2.24, 2.45) is 10.3 Å². The van der Waals surface area contributed by atoms with E-state index in [1.54, 1.807) is 13.0 Å². The van der Waals surface area contributed by atoms with Crippen molar-refractivity contribution in [3.8, 4) is 0 Å². The SMILES string of the molecule is Cc1cc(C(C(=O)N2C[C@H](O)C[C@@H]2C2=NS(=O)(=O)CN2)C(C)C)on1. The van der Waals surface area contributed by atoms with E-state index < -0.39 is 28.1 Å². The van der Waals surface area contributed by atoms with Crippen LogP contribution in [0.3, 0.4) is 0 Å². The van der Waals surface area contributed by atoms with E-state index in [0.29, 0.717) is 11.5 Å². The molecule has 1 amide bonds. The summed E-state index contributed by atoms with van der Waals surface area (Å²) in [5, 5.41) is 16.6. The van der Waals surface area contributed by atoms with Gasteiger partial charge in [-0.2, -0.15) is 0 Å². The van der Waals surface area contributed by atoms with Crippen molar-refractivity contribution in [2.45, 2.75) is 45.3 Å². The normalized spacial score (nSPS) is 26.6. The third-order valence-corrected chi connectivity index (χ3v) is 5.42. The fraction of sp³-hybridized carbons (Fsp3) is 0.667. The zero-order chi connectivity index (χ0) is 18.4. The molecule has 138 valence electrons. The van der Waals surface area contributed by atoms with Gasteiger partial charge in [-0.3, -0.25) is 4.79 Å². The average molecular weight is 370 g/mol. The smallest absolute Gasteiger partial charge is 0.272 e. The van der Waals surface area contributed by atoms with Gasteiger partial charge in [0.2, 0.25) is 5.91 Å². The maximum Gasteiger partial charge on any atom is 0.272 e. The van der Waals surface area contributed by atoms with E-state index in [-0.39, 0.29) is 36.5 Å². The van der Waals surface area contributed by atoms with E-state index in [2.05, 4.69) is 14.9 Å². The van der Waals surface area contributed by atoms with Crippen LogP contribution in [0.25, 0.3) is 0 Å². The van der Waals surface area contributed by atoms with Gasteiger partial charge in [-0.1, -0.05) is 19.0 Å². The van der Waals surface area contributed by atoms with Gasteiger partial charge in [0.15, 0.2) is 0 Å². The summed E-state index contributed by atoms with van der Waals surface area (Å²) in [7, 11) is -3.56. The number of amides is 1. The van der Waals surface area contributed by atoms with Crippen LogP contribution >= 0.6 is 0 Å². The number of aliphatic hydroxyl groups is 1. The number of aliphatic hydroxyl groups excluding tert-OH is 1. The molecule has 2 N–H and O–H groups in total. The number of carbonyl (C=O) groups is 1. The Kier molecular flexibility index (Phi) is 4.58. The fourth-order valence-corrected chi connectivity index (χ4v) is 4.20. The van der Waals surface area contributed by atoms with Gasteiger partial charge in [0.1, 0.15) is 23.4 Å². The van der Waals surface area contributed by atoms with E-state index in [9.17, 15) is 18.3 Å². The summed E-state index contributed by atoms with van der Waals surface area (Å²) >= 11 is 0. The van der Waals surface area contributed by atoms with Gasteiger partial charge in [-0.15, -0.1) is 4.40 Å². The number of aryl methyl sites for hydroxylation is 1. The highest BCUT2D eigenvalue weighted by molar-refractivity contribution is 7.90. The van der Waals surface area contributed by atoms with Gasteiger partial charge in [0.25, 0.3) is 10.0 Å². The van der Waals surface area contributed by atoms with E-state index in [1.165, 1.54) is 4.90 Å². The van der Waals surface area contributed by atoms with E-state index in [1.807, 2.05) is 13.8 Å². The molecule has 3 atom stereocenters. The van der Waals surface area contributed by atoms with Crippen LogP contribution in [0.2, 0.25) is 0 Å². The van der Waals surface area contributed by atoms with Gasteiger partial charge in [0.05, 0.1) is 17.8 Å². The van der Waals surface area contributed by atoms with E-state index >= 15 is 0 Å². The summed E-state index contributed by atoms with van der Waals surface area (Å²) in [6.07, 6.45) is -0.487. The van der Waals surface area contributed by atoms with Gasteiger partial charge in [0, 0.05) is 19.0 Å². The molecule has 1 aromatic heterocycles. The van der Waals surface area contributed by atoms with Gasteiger partial charge >= 0.3 is 0 Å². The lowest BCUT2D eigenvalue weighted by Gasteiger charge is -2.29. The lowest BCUT2D eigenvalue weighted by molar-refractivity contribution is -0.134. The van der Waals surface area contributed by atoms with Gasteiger partial charge < -0.3 is 19.8 Å². The third-order valence-electron chi connectivity index (χ3n) is 4.44. The molecule has 0 bridgehead atoms. The number of rotatable bonds is 4. The monoisotopic (exact) mass is 370 g/mol. The molecule has 1 aromatic rings. The zero-order valence-corrected chi connectivity index (χ0v) is 15.2. The van der Waals surface area contributed by atoms with Crippen molar-refractivity contribution >= 4 is 21.8 Å². The Morgan fingerprint density at radius 2 is 2.20 bits per heavy atom. The molecule has 2 aliphatic rings. The van der Waals surface area contributed by atoms with Crippen LogP contribution in [0.5, 0.6) is 0 Å². The standard InChI is InChI=1S/C15H22N4O5S/c1-8(2)13(12-4-9(3)17-24-12)15(21)19-6-10(20)5-11(19)14-16-7-25(22,23)18-14/h4,8,10-11,13,20H,5-7H2,1-3H3,(H,16,18)/t10-,11-,13?/m1/s1. The molecule has 1 fully saturated rings. The van der Waals surface area contributed by atoms with E-state index in [4.69, 9.17) is 4.52 Å². The molecule has 10 heteroatoms. The number of sulfonamides is 1. The molecule has 3 heterocycles. The van der Waals surface area contributed by atoms with Crippen LogP contribution in [0.1, 0.15) is 37.6 Å². The number of nitrogens with zero attached hydrogens (tertiary/aromatic N) is 3. The molecule has 25 heavy (non-hydrogen) atoms. The highest BCUT2D eigenvalue weighted by Gasteiger charge is 2.43. The van der Waals surface area contributed by atoms with Crippen molar-refractivity contribution in [2.75, 3.05) is 12.4 Å². The predicted octanol–water partition coefficient (Wildman–Crippen LogP) is -0.0266. The van der Waals surface area contributed by atoms with Crippen LogP contribution in [-0.4, -0.2) is 59.9 Å². The summed E-state index contributed by atoms with van der Waals surface area (Å²) in [6, 6.07) is 1.13. The van der Waals surface area contributed by atoms with Crippen molar-refractivity contribution in [1.82, 2.24) is 15.4 Å². The summed E-state index contributed by atoms with van der Waals surface area (Å²) in [4.78, 5) is 14.7. The number of amidine groups is 1. The molecule has 0 radical (unpaired) electrons. The minimum atomic E-state index is -3.56. The fourth-order valence-electron chi connectivity index (χ4n) is 3.32. The summed E-state index contributed by atoms with van der Waals surface area (Å²) in [6.45, 7) is 5.70. The molecule has 0 spiro atoms. The first-order valence-electron chi connectivity index (χ1n) is 8.16. The molecule has 0 aromatic carbocycles. The summed E-state index contributed by atoms with van der Waals surface area (Å²) in [5.74, 6) is -0.464. The lowest BCUT2D eigenvalue weighted by atomic mass is 9.91. The number of nitrogens with one attached hydrogen (secondary N) is 1.